The molecular formula is C15H19ClN2O3S. The van der Waals surface area contributed by atoms with Crippen LogP contribution in [0.2, 0.25) is 5.02 Å². The van der Waals surface area contributed by atoms with Gasteiger partial charge in [-0.25, -0.2) is 8.42 Å². The summed E-state index contributed by atoms with van der Waals surface area (Å²) in [6.07, 6.45) is 3.57. The van der Waals surface area contributed by atoms with Gasteiger partial charge in [-0.15, -0.1) is 0 Å². The molecule has 2 aliphatic heterocycles. The minimum Gasteiger partial charge on any atom is -0.339 e. The number of benzene rings is 1. The van der Waals surface area contributed by atoms with Crippen LogP contribution in [0.5, 0.6) is 0 Å². The van der Waals surface area contributed by atoms with Gasteiger partial charge in [0.2, 0.25) is 10.0 Å². The summed E-state index contributed by atoms with van der Waals surface area (Å²) in [7, 11) is -3.26. The first-order valence-corrected chi connectivity index (χ1v) is 9.57. The second kappa shape index (κ2) is 6.08. The Bertz CT molecular complexity index is 684. The lowest BCUT2D eigenvalue weighted by Gasteiger charge is -2.28. The lowest BCUT2D eigenvalue weighted by Crippen LogP contribution is -2.37. The van der Waals surface area contributed by atoms with E-state index >= 15 is 0 Å². The second-order valence-corrected chi connectivity index (χ2v) is 8.18. The van der Waals surface area contributed by atoms with Gasteiger partial charge < -0.3 is 4.90 Å². The third-order valence-electron chi connectivity index (χ3n) is 4.21. The molecule has 0 N–H and O–H groups in total. The van der Waals surface area contributed by atoms with Crippen molar-refractivity contribution >= 4 is 33.2 Å². The minimum absolute atomic E-state index is 0.0736. The van der Waals surface area contributed by atoms with Crippen molar-refractivity contribution < 1.29 is 13.2 Å². The Hall–Kier alpha value is -1.27. The first kappa shape index (κ1) is 15.6. The zero-order valence-corrected chi connectivity index (χ0v) is 13.9. The maximum Gasteiger partial charge on any atom is 0.255 e. The van der Waals surface area contributed by atoms with E-state index in [2.05, 4.69) is 0 Å². The summed E-state index contributed by atoms with van der Waals surface area (Å²) < 4.78 is 25.7. The summed E-state index contributed by atoms with van der Waals surface area (Å²) in [4.78, 5) is 14.2. The van der Waals surface area contributed by atoms with Gasteiger partial charge in [0.05, 0.1) is 22.0 Å². The van der Waals surface area contributed by atoms with Crippen molar-refractivity contribution in [3.8, 4) is 0 Å². The van der Waals surface area contributed by atoms with E-state index in [-0.39, 0.29) is 11.7 Å². The van der Waals surface area contributed by atoms with Crippen LogP contribution in [0.15, 0.2) is 18.2 Å². The summed E-state index contributed by atoms with van der Waals surface area (Å²) in [5, 5.41) is 0.315. The number of hydrogen-bond donors (Lipinski definition) is 0. The van der Waals surface area contributed by atoms with Crippen molar-refractivity contribution in [1.29, 1.82) is 0 Å². The zero-order valence-electron chi connectivity index (χ0n) is 12.3. The van der Waals surface area contributed by atoms with Gasteiger partial charge in [0.25, 0.3) is 5.91 Å². The summed E-state index contributed by atoms with van der Waals surface area (Å²) >= 11 is 6.25. The normalized spacial score (nSPS) is 21.1. The average molecular weight is 343 g/mol. The molecule has 120 valence electrons. The van der Waals surface area contributed by atoms with Crippen molar-refractivity contribution in [2.24, 2.45) is 0 Å². The lowest BCUT2D eigenvalue weighted by molar-refractivity contribution is 0.0793. The molecule has 0 aromatic heterocycles. The van der Waals surface area contributed by atoms with Crippen LogP contribution in [0, 0.1) is 0 Å². The molecule has 2 saturated heterocycles. The van der Waals surface area contributed by atoms with Crippen molar-refractivity contribution in [2.45, 2.75) is 25.7 Å². The van der Waals surface area contributed by atoms with Gasteiger partial charge in [-0.05, 0) is 43.9 Å². The van der Waals surface area contributed by atoms with E-state index in [9.17, 15) is 13.2 Å². The molecule has 2 fully saturated rings. The lowest BCUT2D eigenvalue weighted by atomic mass is 10.1. The molecule has 0 bridgehead atoms. The molecule has 2 heterocycles. The maximum absolute atomic E-state index is 12.4. The maximum atomic E-state index is 12.4. The average Bonchev–Trinajstić information content (AvgIpc) is 3.00. The summed E-state index contributed by atoms with van der Waals surface area (Å²) in [6.45, 7) is 1.99. The fraction of sp³-hybridized carbons (Fsp3) is 0.533. The number of nitrogens with zero attached hydrogens (tertiary/aromatic N) is 2. The van der Waals surface area contributed by atoms with E-state index in [4.69, 9.17) is 11.6 Å². The quantitative estimate of drug-likeness (QED) is 0.829. The fourth-order valence-corrected chi connectivity index (χ4v) is 4.89. The highest BCUT2D eigenvalue weighted by Gasteiger charge is 2.27. The van der Waals surface area contributed by atoms with Crippen molar-refractivity contribution in [2.75, 3.05) is 29.7 Å². The number of sulfonamides is 1. The van der Waals surface area contributed by atoms with Gasteiger partial charge in [-0.3, -0.25) is 9.10 Å². The van der Waals surface area contributed by atoms with Crippen LogP contribution in [0.4, 0.5) is 5.69 Å². The minimum atomic E-state index is -3.26. The molecule has 2 aliphatic rings. The van der Waals surface area contributed by atoms with Gasteiger partial charge in [0.1, 0.15) is 0 Å². The summed E-state index contributed by atoms with van der Waals surface area (Å²) in [5.74, 6) is 0.0922. The van der Waals surface area contributed by atoms with Gasteiger partial charge in [-0.2, -0.15) is 0 Å². The second-order valence-electron chi connectivity index (χ2n) is 5.76. The molecule has 22 heavy (non-hydrogen) atoms. The molecule has 0 atom stereocenters. The molecule has 0 unspecified atom stereocenters. The molecule has 1 amide bonds. The topological polar surface area (TPSA) is 57.7 Å². The summed E-state index contributed by atoms with van der Waals surface area (Å²) in [5.41, 5.74) is 0.990. The Morgan fingerprint density at radius 3 is 2.36 bits per heavy atom. The molecule has 0 aliphatic carbocycles. The number of anilines is 1. The third kappa shape index (κ3) is 2.94. The van der Waals surface area contributed by atoms with Crippen LogP contribution in [0.3, 0.4) is 0 Å². The molecule has 1 aromatic carbocycles. The molecule has 3 rings (SSSR count). The summed E-state index contributed by atoms with van der Waals surface area (Å²) in [6, 6.07) is 4.91. The number of likely N-dealkylation sites (tertiary alicyclic amines) is 1. The molecule has 0 radical (unpaired) electrons. The van der Waals surface area contributed by atoms with E-state index in [1.54, 1.807) is 23.1 Å². The van der Waals surface area contributed by atoms with Gasteiger partial charge in [0, 0.05) is 19.6 Å². The van der Waals surface area contributed by atoms with E-state index in [0.717, 1.165) is 32.4 Å². The predicted molar refractivity (Wildman–Crippen MR) is 87.0 cm³/mol. The van der Waals surface area contributed by atoms with E-state index in [1.165, 1.54) is 4.31 Å². The number of halogens is 1. The number of rotatable bonds is 2. The first-order valence-electron chi connectivity index (χ1n) is 7.58. The Kier molecular flexibility index (Phi) is 4.32. The highest BCUT2D eigenvalue weighted by atomic mass is 35.5. The number of hydrogen-bond acceptors (Lipinski definition) is 3. The largest absolute Gasteiger partial charge is 0.339 e. The van der Waals surface area contributed by atoms with E-state index in [0.29, 0.717) is 29.2 Å². The van der Waals surface area contributed by atoms with E-state index in [1.807, 2.05) is 0 Å². The standard InChI is InChI=1S/C15H19ClN2O3S/c16-14-11-12(18-9-3-4-10-22(18,20)21)5-6-13(14)15(19)17-7-1-2-8-17/h5-6,11H,1-4,7-10H2. The molecule has 5 nitrogen and oxygen atoms in total. The Labute approximate surface area is 135 Å². The van der Waals surface area contributed by atoms with Crippen molar-refractivity contribution in [3.05, 3.63) is 28.8 Å². The fourth-order valence-electron chi connectivity index (χ4n) is 3.00. The first-order chi connectivity index (χ1) is 10.5. The van der Waals surface area contributed by atoms with E-state index < -0.39 is 10.0 Å². The molecule has 7 heteroatoms. The van der Waals surface area contributed by atoms with Crippen LogP contribution in [-0.2, 0) is 10.0 Å². The highest BCUT2D eigenvalue weighted by Crippen LogP contribution is 2.29. The third-order valence-corrected chi connectivity index (χ3v) is 6.40. The molecule has 1 aromatic rings. The Balaban J connectivity index is 1.87. The predicted octanol–water partition coefficient (Wildman–Crippen LogP) is 2.51. The zero-order chi connectivity index (χ0) is 15.7. The molecular weight excluding hydrogens is 324 g/mol. The smallest absolute Gasteiger partial charge is 0.255 e. The van der Waals surface area contributed by atoms with Gasteiger partial charge >= 0.3 is 0 Å². The van der Waals surface area contributed by atoms with Gasteiger partial charge in [0.15, 0.2) is 0 Å². The van der Waals surface area contributed by atoms with Crippen LogP contribution >= 0.6 is 11.6 Å². The Morgan fingerprint density at radius 2 is 1.73 bits per heavy atom. The van der Waals surface area contributed by atoms with Crippen molar-refractivity contribution in [1.82, 2.24) is 4.90 Å². The Morgan fingerprint density at radius 1 is 1.05 bits per heavy atom. The number of carbonyl (C=O) groups is 1. The van der Waals surface area contributed by atoms with Crippen molar-refractivity contribution in [3.63, 3.8) is 0 Å². The van der Waals surface area contributed by atoms with Crippen LogP contribution < -0.4 is 4.31 Å². The highest BCUT2D eigenvalue weighted by molar-refractivity contribution is 7.92. The monoisotopic (exact) mass is 342 g/mol. The number of carbonyl (C=O) groups excluding carboxylic acids is 1. The molecule has 0 spiro atoms. The number of amides is 1. The van der Waals surface area contributed by atoms with Crippen LogP contribution in [-0.4, -0.2) is 44.6 Å². The van der Waals surface area contributed by atoms with Crippen LogP contribution in [0.25, 0.3) is 0 Å². The molecule has 0 saturated carbocycles. The van der Waals surface area contributed by atoms with Gasteiger partial charge in [-0.1, -0.05) is 11.6 Å². The SMILES string of the molecule is O=C(c1ccc(N2CCCCS2(=O)=O)cc1Cl)N1CCCC1. The van der Waals surface area contributed by atoms with Crippen LogP contribution in [0.1, 0.15) is 36.0 Å².